The molecule has 0 amide bonds. The standard InChI is InChI=1S/C26H54N2O3/c1-2-3-4-5-6-7-8-9-10-11-12-13-14-15-16-17-18-26(27-19-22-29)25-28(20-23-30)21-24-31/h17-18,26-27,29-31H,2-16,19-25H2,1H3. The molecule has 5 heteroatoms. The first kappa shape index (κ1) is 30.5. The van der Waals surface area contributed by atoms with E-state index < -0.39 is 0 Å². The number of hydrogen-bond donors (Lipinski definition) is 4. The molecule has 0 saturated heterocycles. The van der Waals surface area contributed by atoms with Crippen LogP contribution < -0.4 is 5.32 Å². The van der Waals surface area contributed by atoms with Crippen molar-refractivity contribution in [2.45, 2.75) is 109 Å². The third-order valence-corrected chi connectivity index (χ3v) is 5.90. The Morgan fingerprint density at radius 2 is 1.16 bits per heavy atom. The lowest BCUT2D eigenvalue weighted by Gasteiger charge is -2.25. The van der Waals surface area contributed by atoms with Gasteiger partial charge in [0.15, 0.2) is 0 Å². The zero-order valence-electron chi connectivity index (χ0n) is 20.6. The van der Waals surface area contributed by atoms with Crippen LogP contribution in [0.25, 0.3) is 0 Å². The molecule has 1 atom stereocenters. The predicted octanol–water partition coefficient (Wildman–Crippen LogP) is 4.65. The lowest BCUT2D eigenvalue weighted by Crippen LogP contribution is -2.43. The zero-order valence-corrected chi connectivity index (χ0v) is 20.6. The van der Waals surface area contributed by atoms with E-state index in [-0.39, 0.29) is 25.9 Å². The fraction of sp³-hybridized carbons (Fsp3) is 0.923. The summed E-state index contributed by atoms with van der Waals surface area (Å²) in [4.78, 5) is 2.05. The van der Waals surface area contributed by atoms with Gasteiger partial charge in [0.05, 0.1) is 19.8 Å². The number of hydrogen-bond acceptors (Lipinski definition) is 5. The second-order valence-electron chi connectivity index (χ2n) is 8.85. The first-order valence-electron chi connectivity index (χ1n) is 13.2. The Bertz CT molecular complexity index is 361. The summed E-state index contributed by atoms with van der Waals surface area (Å²) in [6.07, 6.45) is 24.9. The van der Waals surface area contributed by atoms with E-state index in [4.69, 9.17) is 5.11 Å². The van der Waals surface area contributed by atoms with Crippen molar-refractivity contribution in [1.82, 2.24) is 10.2 Å². The molecule has 0 spiro atoms. The van der Waals surface area contributed by atoms with Gasteiger partial charge in [-0.3, -0.25) is 4.90 Å². The van der Waals surface area contributed by atoms with Crippen LogP contribution in [0.1, 0.15) is 103 Å². The van der Waals surface area contributed by atoms with Gasteiger partial charge in [-0.15, -0.1) is 0 Å². The van der Waals surface area contributed by atoms with Gasteiger partial charge in [-0.2, -0.15) is 0 Å². The summed E-state index contributed by atoms with van der Waals surface area (Å²) in [7, 11) is 0. The second-order valence-corrected chi connectivity index (χ2v) is 8.85. The summed E-state index contributed by atoms with van der Waals surface area (Å²) in [6.45, 7) is 4.99. The molecule has 0 aliphatic heterocycles. The second kappa shape index (κ2) is 25.8. The lowest BCUT2D eigenvalue weighted by atomic mass is 10.0. The molecular formula is C26H54N2O3. The fourth-order valence-electron chi connectivity index (χ4n) is 4.02. The molecule has 0 aromatic carbocycles. The van der Waals surface area contributed by atoms with E-state index >= 15 is 0 Å². The van der Waals surface area contributed by atoms with E-state index in [1.807, 2.05) is 4.90 Å². The van der Waals surface area contributed by atoms with Gasteiger partial charge in [-0.05, 0) is 12.8 Å². The predicted molar refractivity (Wildman–Crippen MR) is 134 cm³/mol. The minimum Gasteiger partial charge on any atom is -0.395 e. The summed E-state index contributed by atoms with van der Waals surface area (Å²) >= 11 is 0. The van der Waals surface area contributed by atoms with E-state index in [9.17, 15) is 10.2 Å². The highest BCUT2D eigenvalue weighted by Crippen LogP contribution is 2.13. The van der Waals surface area contributed by atoms with E-state index in [2.05, 4.69) is 24.4 Å². The average Bonchev–Trinajstić information content (AvgIpc) is 2.77. The Morgan fingerprint density at radius 3 is 1.61 bits per heavy atom. The maximum atomic E-state index is 9.18. The first-order chi connectivity index (χ1) is 15.3. The lowest BCUT2D eigenvalue weighted by molar-refractivity contribution is 0.154. The summed E-state index contributed by atoms with van der Waals surface area (Å²) < 4.78 is 0. The quantitative estimate of drug-likeness (QED) is 0.122. The third-order valence-electron chi connectivity index (χ3n) is 5.90. The Morgan fingerprint density at radius 1 is 0.677 bits per heavy atom. The van der Waals surface area contributed by atoms with Crippen LogP contribution in [0, 0.1) is 0 Å². The van der Waals surface area contributed by atoms with Crippen LogP contribution in [0.3, 0.4) is 0 Å². The molecule has 0 fully saturated rings. The number of allylic oxidation sites excluding steroid dienone is 1. The molecule has 186 valence electrons. The number of rotatable bonds is 25. The van der Waals surface area contributed by atoms with Gasteiger partial charge in [0.2, 0.25) is 0 Å². The van der Waals surface area contributed by atoms with Crippen molar-refractivity contribution in [2.24, 2.45) is 0 Å². The molecule has 5 nitrogen and oxygen atoms in total. The smallest absolute Gasteiger partial charge is 0.0558 e. The van der Waals surface area contributed by atoms with E-state index in [0.29, 0.717) is 19.6 Å². The molecule has 0 aromatic rings. The first-order valence-corrected chi connectivity index (χ1v) is 13.2. The number of nitrogens with one attached hydrogen (secondary N) is 1. The minimum atomic E-state index is 0.0927. The Kier molecular flexibility index (Phi) is 25.4. The summed E-state index contributed by atoms with van der Waals surface area (Å²) in [5, 5.41) is 30.8. The minimum absolute atomic E-state index is 0.0927. The van der Waals surface area contributed by atoms with Crippen LogP contribution in [0.4, 0.5) is 0 Å². The Hall–Kier alpha value is -0.460. The van der Waals surface area contributed by atoms with Crippen LogP contribution >= 0.6 is 0 Å². The van der Waals surface area contributed by atoms with Crippen molar-refractivity contribution in [3.8, 4) is 0 Å². The third kappa shape index (κ3) is 22.5. The van der Waals surface area contributed by atoms with Crippen LogP contribution in [-0.2, 0) is 0 Å². The van der Waals surface area contributed by atoms with Crippen molar-refractivity contribution in [2.75, 3.05) is 46.0 Å². The Labute approximate surface area is 193 Å². The monoisotopic (exact) mass is 442 g/mol. The topological polar surface area (TPSA) is 76.0 Å². The number of unbranched alkanes of at least 4 members (excludes halogenated alkanes) is 14. The maximum Gasteiger partial charge on any atom is 0.0558 e. The summed E-state index contributed by atoms with van der Waals surface area (Å²) in [5.74, 6) is 0. The summed E-state index contributed by atoms with van der Waals surface area (Å²) in [6, 6.07) is 0.136. The molecule has 0 bridgehead atoms. The van der Waals surface area contributed by atoms with Gasteiger partial charge in [0.1, 0.15) is 0 Å². The van der Waals surface area contributed by atoms with Gasteiger partial charge in [-0.25, -0.2) is 0 Å². The van der Waals surface area contributed by atoms with Gasteiger partial charge >= 0.3 is 0 Å². The maximum absolute atomic E-state index is 9.18. The van der Waals surface area contributed by atoms with Gasteiger partial charge in [0.25, 0.3) is 0 Å². The highest BCUT2D eigenvalue weighted by molar-refractivity contribution is 4.95. The molecule has 0 aromatic heterocycles. The number of nitrogens with zero attached hydrogens (tertiary/aromatic N) is 1. The number of aliphatic hydroxyl groups excluding tert-OH is 3. The molecule has 0 aliphatic rings. The molecular weight excluding hydrogens is 388 g/mol. The SMILES string of the molecule is CCCCCCCCCCCCCCCCC=CC(CN(CCO)CCO)NCCO. The van der Waals surface area contributed by atoms with Gasteiger partial charge in [0, 0.05) is 32.2 Å². The van der Waals surface area contributed by atoms with E-state index in [1.54, 1.807) is 0 Å². The molecule has 31 heavy (non-hydrogen) atoms. The van der Waals surface area contributed by atoms with Gasteiger partial charge in [-0.1, -0.05) is 103 Å². The largest absolute Gasteiger partial charge is 0.395 e. The molecule has 0 saturated carbocycles. The normalized spacial score (nSPS) is 12.9. The highest BCUT2D eigenvalue weighted by atomic mass is 16.3. The molecule has 0 aliphatic carbocycles. The molecule has 1 unspecified atom stereocenters. The average molecular weight is 443 g/mol. The molecule has 0 rings (SSSR count). The van der Waals surface area contributed by atoms with Gasteiger partial charge < -0.3 is 20.6 Å². The van der Waals surface area contributed by atoms with E-state index in [0.717, 1.165) is 13.0 Å². The van der Waals surface area contributed by atoms with Crippen LogP contribution in [0.2, 0.25) is 0 Å². The molecule has 0 radical (unpaired) electrons. The van der Waals surface area contributed by atoms with Crippen molar-refractivity contribution in [3.63, 3.8) is 0 Å². The van der Waals surface area contributed by atoms with Crippen LogP contribution in [-0.4, -0.2) is 72.3 Å². The Balaban J connectivity index is 3.69. The van der Waals surface area contributed by atoms with Crippen molar-refractivity contribution >= 4 is 0 Å². The summed E-state index contributed by atoms with van der Waals surface area (Å²) in [5.41, 5.74) is 0. The fourth-order valence-corrected chi connectivity index (χ4v) is 4.02. The van der Waals surface area contributed by atoms with Crippen molar-refractivity contribution < 1.29 is 15.3 Å². The molecule has 4 N–H and O–H groups in total. The van der Waals surface area contributed by atoms with Crippen LogP contribution in [0.15, 0.2) is 12.2 Å². The van der Waals surface area contributed by atoms with Crippen LogP contribution in [0.5, 0.6) is 0 Å². The molecule has 0 heterocycles. The van der Waals surface area contributed by atoms with Crippen molar-refractivity contribution in [1.29, 1.82) is 0 Å². The van der Waals surface area contributed by atoms with Crippen molar-refractivity contribution in [3.05, 3.63) is 12.2 Å². The van der Waals surface area contributed by atoms with E-state index in [1.165, 1.54) is 89.9 Å². The zero-order chi connectivity index (χ0) is 22.8. The highest BCUT2D eigenvalue weighted by Gasteiger charge is 2.10. The number of aliphatic hydroxyl groups is 3.